The first-order chi connectivity index (χ1) is 11.2. The van der Waals surface area contributed by atoms with E-state index in [1.165, 1.54) is 20.0 Å². The number of halogens is 3. The summed E-state index contributed by atoms with van der Waals surface area (Å²) >= 11 is 0. The van der Waals surface area contributed by atoms with Crippen LogP contribution in [0.1, 0.15) is 32.1 Å². The van der Waals surface area contributed by atoms with Crippen LogP contribution < -0.4 is 10.6 Å². The number of alkyl halides is 3. The number of nitrogens with one attached hydrogen (secondary N) is 2. The molecule has 0 aliphatic heterocycles. The Morgan fingerprint density at radius 2 is 1.79 bits per heavy atom. The average Bonchev–Trinajstić information content (AvgIpc) is 2.53. The molecule has 2 aromatic rings. The second kappa shape index (κ2) is 6.69. The monoisotopic (exact) mass is 337 g/mol. The molecule has 0 saturated carbocycles. The summed E-state index contributed by atoms with van der Waals surface area (Å²) in [6.45, 7) is 1.32. The van der Waals surface area contributed by atoms with Gasteiger partial charge in [-0.25, -0.2) is 4.98 Å². The quantitative estimate of drug-likeness (QED) is 0.904. The van der Waals surface area contributed by atoms with Crippen molar-refractivity contribution in [1.29, 1.82) is 0 Å². The van der Waals surface area contributed by atoms with Crippen LogP contribution in [-0.4, -0.2) is 23.8 Å². The number of nitrogens with zero attached hydrogens (tertiary/aromatic N) is 1. The molecule has 126 valence electrons. The van der Waals surface area contributed by atoms with E-state index in [1.54, 1.807) is 18.2 Å². The standard InChI is InChI=1S/C16H14F3N3O2/c1-9-12(6-7-13(21-9)16(17,18)19)15(24)22-11-5-3-4-10(8-11)14(23)20-2/h3-8H,1-2H3,(H,20,23)(H,22,24). The van der Waals surface area contributed by atoms with Crippen LogP contribution in [0.2, 0.25) is 0 Å². The molecule has 0 radical (unpaired) electrons. The number of benzene rings is 1. The van der Waals surface area contributed by atoms with E-state index in [9.17, 15) is 22.8 Å². The van der Waals surface area contributed by atoms with Gasteiger partial charge in [-0.3, -0.25) is 9.59 Å². The minimum Gasteiger partial charge on any atom is -0.355 e. The Balaban J connectivity index is 2.23. The van der Waals surface area contributed by atoms with Crippen LogP contribution in [0.3, 0.4) is 0 Å². The lowest BCUT2D eigenvalue weighted by atomic mass is 10.1. The molecule has 0 aliphatic rings. The highest BCUT2D eigenvalue weighted by atomic mass is 19.4. The van der Waals surface area contributed by atoms with Crippen molar-refractivity contribution in [3.8, 4) is 0 Å². The van der Waals surface area contributed by atoms with Crippen molar-refractivity contribution in [2.75, 3.05) is 12.4 Å². The van der Waals surface area contributed by atoms with Gasteiger partial charge in [0.25, 0.3) is 11.8 Å². The zero-order valence-corrected chi connectivity index (χ0v) is 12.9. The number of hydrogen-bond acceptors (Lipinski definition) is 3. The van der Waals surface area contributed by atoms with Gasteiger partial charge >= 0.3 is 6.18 Å². The van der Waals surface area contributed by atoms with Crippen LogP contribution in [0.4, 0.5) is 18.9 Å². The Hall–Kier alpha value is -2.90. The fraction of sp³-hybridized carbons (Fsp3) is 0.188. The van der Waals surface area contributed by atoms with Crippen LogP contribution in [0.5, 0.6) is 0 Å². The summed E-state index contributed by atoms with van der Waals surface area (Å²) < 4.78 is 37.8. The van der Waals surface area contributed by atoms with Gasteiger partial charge in [-0.05, 0) is 37.3 Å². The Morgan fingerprint density at radius 1 is 1.08 bits per heavy atom. The normalized spacial score (nSPS) is 11.0. The Bertz CT molecular complexity index is 788. The molecule has 0 unspecified atom stereocenters. The molecule has 5 nitrogen and oxygen atoms in total. The number of anilines is 1. The molecule has 1 heterocycles. The summed E-state index contributed by atoms with van der Waals surface area (Å²) in [6.07, 6.45) is -4.57. The van der Waals surface area contributed by atoms with Crippen LogP contribution in [-0.2, 0) is 6.18 Å². The van der Waals surface area contributed by atoms with E-state index < -0.39 is 17.8 Å². The van der Waals surface area contributed by atoms with Gasteiger partial charge in [0.2, 0.25) is 0 Å². The third kappa shape index (κ3) is 3.89. The minimum absolute atomic E-state index is 0.0216. The first-order valence-corrected chi connectivity index (χ1v) is 6.90. The molecule has 0 aliphatic carbocycles. The molecule has 24 heavy (non-hydrogen) atoms. The van der Waals surface area contributed by atoms with Gasteiger partial charge in [0.1, 0.15) is 5.69 Å². The molecule has 2 N–H and O–H groups in total. The van der Waals surface area contributed by atoms with Crippen molar-refractivity contribution in [3.05, 3.63) is 58.9 Å². The van der Waals surface area contributed by atoms with Gasteiger partial charge in [0, 0.05) is 18.3 Å². The lowest BCUT2D eigenvalue weighted by Gasteiger charge is -2.11. The Kier molecular flexibility index (Phi) is 4.87. The van der Waals surface area contributed by atoms with Crippen LogP contribution in [0, 0.1) is 6.92 Å². The molecule has 8 heteroatoms. The summed E-state index contributed by atoms with van der Waals surface area (Å²) in [5.74, 6) is -0.929. The highest BCUT2D eigenvalue weighted by molar-refractivity contribution is 6.05. The highest BCUT2D eigenvalue weighted by Gasteiger charge is 2.33. The summed E-state index contributed by atoms with van der Waals surface area (Å²) in [4.78, 5) is 27.2. The van der Waals surface area contributed by atoms with Crippen molar-refractivity contribution in [2.45, 2.75) is 13.1 Å². The van der Waals surface area contributed by atoms with Crippen LogP contribution in [0.15, 0.2) is 36.4 Å². The van der Waals surface area contributed by atoms with E-state index in [0.717, 1.165) is 12.1 Å². The number of amides is 2. The van der Waals surface area contributed by atoms with Crippen molar-refractivity contribution >= 4 is 17.5 Å². The smallest absolute Gasteiger partial charge is 0.355 e. The zero-order valence-electron chi connectivity index (χ0n) is 12.9. The fourth-order valence-electron chi connectivity index (χ4n) is 2.04. The number of rotatable bonds is 3. The topological polar surface area (TPSA) is 71.1 Å². The maximum absolute atomic E-state index is 12.6. The third-order valence-corrected chi connectivity index (χ3v) is 3.23. The van der Waals surface area contributed by atoms with Gasteiger partial charge in [-0.1, -0.05) is 6.07 Å². The summed E-state index contributed by atoms with van der Waals surface area (Å²) in [5, 5.41) is 4.99. The lowest BCUT2D eigenvalue weighted by Crippen LogP contribution is -2.19. The number of pyridine rings is 1. The molecule has 0 saturated heterocycles. The molecule has 2 amide bonds. The lowest BCUT2D eigenvalue weighted by molar-refractivity contribution is -0.141. The zero-order chi connectivity index (χ0) is 17.9. The maximum Gasteiger partial charge on any atom is 0.433 e. The Labute approximate surface area is 135 Å². The molecule has 1 aromatic carbocycles. The van der Waals surface area contributed by atoms with E-state index >= 15 is 0 Å². The van der Waals surface area contributed by atoms with Gasteiger partial charge in [0.05, 0.1) is 11.3 Å². The molecule has 2 rings (SSSR count). The van der Waals surface area contributed by atoms with Crippen molar-refractivity contribution < 1.29 is 22.8 Å². The summed E-state index contributed by atoms with van der Waals surface area (Å²) in [6, 6.07) is 8.00. The Morgan fingerprint density at radius 3 is 2.38 bits per heavy atom. The maximum atomic E-state index is 12.6. The first kappa shape index (κ1) is 17.5. The molecular weight excluding hydrogens is 323 g/mol. The number of aryl methyl sites for hydroxylation is 1. The van der Waals surface area contributed by atoms with Gasteiger partial charge in [-0.2, -0.15) is 13.2 Å². The summed E-state index contributed by atoms with van der Waals surface area (Å²) in [7, 11) is 1.48. The van der Waals surface area contributed by atoms with Gasteiger partial charge in [-0.15, -0.1) is 0 Å². The van der Waals surface area contributed by atoms with Crippen LogP contribution >= 0.6 is 0 Å². The second-order valence-corrected chi connectivity index (χ2v) is 4.94. The SMILES string of the molecule is CNC(=O)c1cccc(NC(=O)c2ccc(C(F)(F)F)nc2C)c1. The van der Waals surface area contributed by atoms with Crippen molar-refractivity contribution in [3.63, 3.8) is 0 Å². The van der Waals surface area contributed by atoms with E-state index in [2.05, 4.69) is 15.6 Å². The van der Waals surface area contributed by atoms with E-state index in [-0.39, 0.29) is 17.2 Å². The number of aromatic nitrogens is 1. The van der Waals surface area contributed by atoms with Crippen molar-refractivity contribution in [2.24, 2.45) is 0 Å². The van der Waals surface area contributed by atoms with E-state index in [1.807, 2.05) is 0 Å². The third-order valence-electron chi connectivity index (χ3n) is 3.23. The predicted octanol–water partition coefficient (Wildman–Crippen LogP) is 3.02. The predicted molar refractivity (Wildman–Crippen MR) is 81.8 cm³/mol. The van der Waals surface area contributed by atoms with E-state index in [4.69, 9.17) is 0 Å². The van der Waals surface area contributed by atoms with Crippen LogP contribution in [0.25, 0.3) is 0 Å². The molecular formula is C16H14F3N3O2. The fourth-order valence-corrected chi connectivity index (χ4v) is 2.04. The average molecular weight is 337 g/mol. The second-order valence-electron chi connectivity index (χ2n) is 4.94. The van der Waals surface area contributed by atoms with E-state index in [0.29, 0.717) is 11.3 Å². The molecule has 0 fully saturated rings. The molecule has 1 aromatic heterocycles. The minimum atomic E-state index is -4.57. The number of hydrogen-bond donors (Lipinski definition) is 2. The number of carbonyl (C=O) groups excluding carboxylic acids is 2. The highest BCUT2D eigenvalue weighted by Crippen LogP contribution is 2.28. The van der Waals surface area contributed by atoms with Crippen molar-refractivity contribution in [1.82, 2.24) is 10.3 Å². The molecule has 0 atom stereocenters. The first-order valence-electron chi connectivity index (χ1n) is 6.90. The summed E-state index contributed by atoms with van der Waals surface area (Å²) in [5.41, 5.74) is -0.380. The largest absolute Gasteiger partial charge is 0.433 e. The number of carbonyl (C=O) groups is 2. The van der Waals surface area contributed by atoms with Gasteiger partial charge < -0.3 is 10.6 Å². The van der Waals surface area contributed by atoms with Gasteiger partial charge in [0.15, 0.2) is 0 Å². The molecule has 0 spiro atoms. The molecule has 0 bridgehead atoms.